The van der Waals surface area contributed by atoms with Crippen molar-refractivity contribution in [1.29, 1.82) is 0 Å². The third-order valence-corrected chi connectivity index (χ3v) is 3.04. The first kappa shape index (κ1) is 13.2. The van der Waals surface area contributed by atoms with Crippen molar-refractivity contribution in [1.82, 2.24) is 4.90 Å². The van der Waals surface area contributed by atoms with Gasteiger partial charge in [0.25, 0.3) is 0 Å². The van der Waals surface area contributed by atoms with Crippen LogP contribution in [0.5, 0.6) is 0 Å². The van der Waals surface area contributed by atoms with Crippen LogP contribution in [0.1, 0.15) is 37.5 Å². The average Bonchev–Trinajstić information content (AvgIpc) is 2.14. The zero-order valence-electron chi connectivity index (χ0n) is 11.6. The molecule has 0 saturated heterocycles. The quantitative estimate of drug-likeness (QED) is 0.753. The van der Waals surface area contributed by atoms with Gasteiger partial charge in [-0.05, 0) is 49.5 Å². The van der Waals surface area contributed by atoms with E-state index >= 15 is 0 Å². The number of benzene rings is 1. The molecule has 0 saturated carbocycles. The Kier molecular flexibility index (Phi) is 4.15. The third-order valence-electron chi connectivity index (χ3n) is 3.04. The van der Waals surface area contributed by atoms with Gasteiger partial charge in [-0.25, -0.2) is 0 Å². The summed E-state index contributed by atoms with van der Waals surface area (Å²) in [5.74, 6) is 0. The van der Waals surface area contributed by atoms with Crippen molar-refractivity contribution in [2.45, 2.75) is 39.5 Å². The maximum Gasteiger partial charge on any atom is 0.00158 e. The molecule has 0 aliphatic heterocycles. The standard InChI is InChI=1S/C15H25N/c1-12-7-8-14(15(2,3)4)11-13(12)9-10-16(5)6/h7-8,11H,9-10H2,1-6H3. The van der Waals surface area contributed by atoms with Gasteiger partial charge in [0.15, 0.2) is 0 Å². The summed E-state index contributed by atoms with van der Waals surface area (Å²) in [4.78, 5) is 2.24. The van der Waals surface area contributed by atoms with Crippen molar-refractivity contribution in [2.24, 2.45) is 0 Å². The summed E-state index contributed by atoms with van der Waals surface area (Å²) in [6.45, 7) is 10.1. The van der Waals surface area contributed by atoms with Gasteiger partial charge in [0, 0.05) is 6.54 Å². The predicted molar refractivity (Wildman–Crippen MR) is 72.1 cm³/mol. The van der Waals surface area contributed by atoms with Crippen LogP contribution in [-0.4, -0.2) is 25.5 Å². The molecule has 1 heteroatoms. The van der Waals surface area contributed by atoms with E-state index in [0.29, 0.717) is 0 Å². The Bertz CT molecular complexity index is 345. The topological polar surface area (TPSA) is 3.24 Å². The van der Waals surface area contributed by atoms with Crippen LogP contribution >= 0.6 is 0 Å². The molecule has 1 nitrogen and oxygen atoms in total. The van der Waals surface area contributed by atoms with Gasteiger partial charge in [-0.2, -0.15) is 0 Å². The molecule has 0 spiro atoms. The lowest BCUT2D eigenvalue weighted by Gasteiger charge is -2.21. The van der Waals surface area contributed by atoms with Crippen LogP contribution in [0.2, 0.25) is 0 Å². The molecular weight excluding hydrogens is 194 g/mol. The van der Waals surface area contributed by atoms with E-state index in [-0.39, 0.29) is 5.41 Å². The number of rotatable bonds is 3. The third kappa shape index (κ3) is 3.64. The highest BCUT2D eigenvalue weighted by Gasteiger charge is 2.14. The zero-order chi connectivity index (χ0) is 12.3. The summed E-state index contributed by atoms with van der Waals surface area (Å²) in [6.07, 6.45) is 1.14. The van der Waals surface area contributed by atoms with Crippen LogP contribution in [0.15, 0.2) is 18.2 Å². The molecule has 0 aromatic heterocycles. The van der Waals surface area contributed by atoms with E-state index in [2.05, 4.69) is 64.9 Å². The molecule has 0 bridgehead atoms. The molecule has 1 aromatic carbocycles. The second kappa shape index (κ2) is 5.01. The minimum Gasteiger partial charge on any atom is -0.309 e. The fraction of sp³-hybridized carbons (Fsp3) is 0.600. The second-order valence-corrected chi connectivity index (χ2v) is 5.94. The number of aryl methyl sites for hydroxylation is 1. The predicted octanol–water partition coefficient (Wildman–Crippen LogP) is 3.40. The highest BCUT2D eigenvalue weighted by atomic mass is 15.0. The van der Waals surface area contributed by atoms with Gasteiger partial charge < -0.3 is 4.90 Å². The highest BCUT2D eigenvalue weighted by Crippen LogP contribution is 2.24. The molecule has 0 amide bonds. The lowest BCUT2D eigenvalue weighted by Crippen LogP contribution is -2.16. The number of likely N-dealkylation sites (N-methyl/N-ethyl adjacent to an activating group) is 1. The molecular formula is C15H25N. The summed E-state index contributed by atoms with van der Waals surface area (Å²) < 4.78 is 0. The SMILES string of the molecule is Cc1ccc(C(C)(C)C)cc1CCN(C)C. The fourth-order valence-electron chi connectivity index (χ4n) is 1.75. The van der Waals surface area contributed by atoms with Crippen molar-refractivity contribution < 1.29 is 0 Å². The Labute approximate surface area is 100 Å². The minimum atomic E-state index is 0.251. The Morgan fingerprint density at radius 1 is 1.12 bits per heavy atom. The Morgan fingerprint density at radius 2 is 1.75 bits per heavy atom. The largest absolute Gasteiger partial charge is 0.309 e. The maximum absolute atomic E-state index is 2.37. The monoisotopic (exact) mass is 219 g/mol. The zero-order valence-corrected chi connectivity index (χ0v) is 11.6. The summed E-state index contributed by atoms with van der Waals surface area (Å²) >= 11 is 0. The van der Waals surface area contributed by atoms with Gasteiger partial charge in [-0.15, -0.1) is 0 Å². The van der Waals surface area contributed by atoms with E-state index in [9.17, 15) is 0 Å². The summed E-state index contributed by atoms with van der Waals surface area (Å²) in [7, 11) is 4.26. The van der Waals surface area contributed by atoms with E-state index in [0.717, 1.165) is 13.0 Å². The molecule has 0 aliphatic rings. The van der Waals surface area contributed by atoms with Crippen LogP contribution < -0.4 is 0 Å². The van der Waals surface area contributed by atoms with Gasteiger partial charge >= 0.3 is 0 Å². The molecule has 1 rings (SSSR count). The average molecular weight is 219 g/mol. The van der Waals surface area contributed by atoms with E-state index in [1.807, 2.05) is 0 Å². The van der Waals surface area contributed by atoms with Gasteiger partial charge in [-0.3, -0.25) is 0 Å². The van der Waals surface area contributed by atoms with Gasteiger partial charge in [0.2, 0.25) is 0 Å². The van der Waals surface area contributed by atoms with E-state index < -0.39 is 0 Å². The molecule has 0 aliphatic carbocycles. The van der Waals surface area contributed by atoms with Crippen LogP contribution in [0, 0.1) is 6.92 Å². The summed E-state index contributed by atoms with van der Waals surface area (Å²) in [6, 6.07) is 6.89. The Morgan fingerprint density at radius 3 is 2.25 bits per heavy atom. The Balaban J connectivity index is 2.91. The molecule has 0 N–H and O–H groups in total. The van der Waals surface area contributed by atoms with Crippen LogP contribution in [0.3, 0.4) is 0 Å². The lowest BCUT2D eigenvalue weighted by molar-refractivity contribution is 0.413. The first-order valence-electron chi connectivity index (χ1n) is 6.05. The van der Waals surface area contributed by atoms with E-state index in [1.165, 1.54) is 16.7 Å². The first-order valence-corrected chi connectivity index (χ1v) is 6.05. The first-order chi connectivity index (χ1) is 7.30. The number of nitrogens with zero attached hydrogens (tertiary/aromatic N) is 1. The van der Waals surface area contributed by atoms with Crippen molar-refractivity contribution >= 4 is 0 Å². The molecule has 0 heterocycles. The molecule has 0 radical (unpaired) electrons. The van der Waals surface area contributed by atoms with Crippen molar-refractivity contribution in [3.8, 4) is 0 Å². The number of hydrogen-bond acceptors (Lipinski definition) is 1. The van der Waals surface area contributed by atoms with Crippen LogP contribution in [0.4, 0.5) is 0 Å². The van der Waals surface area contributed by atoms with E-state index in [1.54, 1.807) is 0 Å². The normalized spacial score (nSPS) is 12.2. The highest BCUT2D eigenvalue weighted by molar-refractivity contribution is 5.34. The van der Waals surface area contributed by atoms with E-state index in [4.69, 9.17) is 0 Å². The maximum atomic E-state index is 2.37. The second-order valence-electron chi connectivity index (χ2n) is 5.94. The minimum absolute atomic E-state index is 0.251. The van der Waals surface area contributed by atoms with Gasteiger partial charge in [-0.1, -0.05) is 39.0 Å². The molecule has 90 valence electrons. The molecule has 1 aromatic rings. The van der Waals surface area contributed by atoms with Gasteiger partial charge in [0.1, 0.15) is 0 Å². The summed E-state index contributed by atoms with van der Waals surface area (Å²) in [5.41, 5.74) is 4.59. The Hall–Kier alpha value is -0.820. The summed E-state index contributed by atoms with van der Waals surface area (Å²) in [5, 5.41) is 0. The number of hydrogen-bond donors (Lipinski definition) is 0. The molecule has 0 unspecified atom stereocenters. The van der Waals surface area contributed by atoms with Crippen LogP contribution in [-0.2, 0) is 11.8 Å². The fourth-order valence-corrected chi connectivity index (χ4v) is 1.75. The van der Waals surface area contributed by atoms with Crippen molar-refractivity contribution in [2.75, 3.05) is 20.6 Å². The van der Waals surface area contributed by atoms with Crippen LogP contribution in [0.25, 0.3) is 0 Å². The van der Waals surface area contributed by atoms with Crippen molar-refractivity contribution in [3.05, 3.63) is 34.9 Å². The van der Waals surface area contributed by atoms with Gasteiger partial charge in [0.05, 0.1) is 0 Å². The smallest absolute Gasteiger partial charge is 0.00158 e. The molecule has 0 fully saturated rings. The lowest BCUT2D eigenvalue weighted by atomic mass is 9.85. The molecule has 16 heavy (non-hydrogen) atoms. The van der Waals surface area contributed by atoms with Crippen molar-refractivity contribution in [3.63, 3.8) is 0 Å². The molecule has 0 atom stereocenters.